The number of aliphatic hydroxyl groups excluding tert-OH is 2. The van der Waals surface area contributed by atoms with Crippen molar-refractivity contribution >= 4 is 17.7 Å². The molecule has 0 spiro atoms. The summed E-state index contributed by atoms with van der Waals surface area (Å²) >= 11 is 0. The van der Waals surface area contributed by atoms with Gasteiger partial charge in [0, 0.05) is 6.04 Å². The average molecular weight is 458 g/mol. The first kappa shape index (κ1) is 30.9. The van der Waals surface area contributed by atoms with E-state index in [1.54, 1.807) is 0 Å². The summed E-state index contributed by atoms with van der Waals surface area (Å²) in [7, 11) is -5.85. The topological polar surface area (TPSA) is 121 Å². The van der Waals surface area contributed by atoms with Gasteiger partial charge < -0.3 is 10.2 Å². The molecule has 0 aromatic carbocycles. The highest BCUT2D eigenvalue weighted by atomic mass is 32.2. The van der Waals surface area contributed by atoms with Crippen LogP contribution in [-0.4, -0.2) is 42.9 Å². The van der Waals surface area contributed by atoms with E-state index in [2.05, 4.69) is 18.6 Å². The van der Waals surface area contributed by atoms with Gasteiger partial charge in [0.15, 0.2) is 5.85 Å². The van der Waals surface area contributed by atoms with Crippen molar-refractivity contribution in [2.45, 2.75) is 116 Å². The van der Waals surface area contributed by atoms with E-state index in [9.17, 15) is 22.7 Å². The Hall–Kier alpha value is -0.270. The Balaban J connectivity index is 0. The fourth-order valence-electron chi connectivity index (χ4n) is 2.74. The molecule has 3 N–H and O–H groups in total. The number of hydrogen-bond donors (Lipinski definition) is 3. The van der Waals surface area contributed by atoms with Gasteiger partial charge in [-0.1, -0.05) is 84.5 Å². The molecule has 0 aliphatic rings. The fourth-order valence-corrected chi connectivity index (χ4v) is 4.15. The van der Waals surface area contributed by atoms with Crippen molar-refractivity contribution in [2.24, 2.45) is 0 Å². The van der Waals surface area contributed by atoms with Gasteiger partial charge in [-0.2, -0.15) is 0 Å². The van der Waals surface area contributed by atoms with E-state index in [0.29, 0.717) is 0 Å². The van der Waals surface area contributed by atoms with Crippen LogP contribution in [0, 0.1) is 0 Å². The number of unbranched alkanes of at least 4 members (excludes halogenated alkanes) is 10. The standard InChI is InChI=1S/C18H39NO3S.C2H5O3P/c1-3-5-7-9-10-11-12-14-16-23(21,22)19-18(17-20)15-13-8-6-4-2;1-2(3)6(4)5/h18-20H,3-17H2,1-2H3;2-3H,1H3. The molecule has 0 saturated heterocycles. The van der Waals surface area contributed by atoms with Crippen LogP contribution in [0.15, 0.2) is 0 Å². The molecule has 0 aromatic heterocycles. The smallest absolute Gasteiger partial charge is 0.344 e. The largest absolute Gasteiger partial charge is 0.395 e. The number of rotatable bonds is 18. The third-order valence-corrected chi connectivity index (χ3v) is 6.67. The highest BCUT2D eigenvalue weighted by Crippen LogP contribution is 2.10. The van der Waals surface area contributed by atoms with E-state index in [4.69, 9.17) is 5.11 Å². The Bertz CT molecular complexity index is 515. The molecular formula is C20H44NO6PS. The molecule has 2 unspecified atom stereocenters. The van der Waals surface area contributed by atoms with Crippen molar-refractivity contribution in [2.75, 3.05) is 12.4 Å². The minimum Gasteiger partial charge on any atom is -0.395 e. The second-order valence-electron chi connectivity index (χ2n) is 7.56. The summed E-state index contributed by atoms with van der Waals surface area (Å²) in [6, 6.07) is -0.314. The highest BCUT2D eigenvalue weighted by Gasteiger charge is 2.16. The average Bonchev–Trinajstić information content (AvgIpc) is 2.66. The molecule has 2 atom stereocenters. The van der Waals surface area contributed by atoms with E-state index in [-0.39, 0.29) is 18.4 Å². The van der Waals surface area contributed by atoms with Crippen molar-refractivity contribution in [1.82, 2.24) is 4.72 Å². The number of aliphatic hydroxyl groups is 2. The van der Waals surface area contributed by atoms with Gasteiger partial charge >= 0.3 is 7.68 Å². The van der Waals surface area contributed by atoms with E-state index in [1.807, 2.05) is 0 Å². The van der Waals surface area contributed by atoms with Crippen molar-refractivity contribution in [3.8, 4) is 0 Å². The van der Waals surface area contributed by atoms with Crippen LogP contribution in [0.25, 0.3) is 0 Å². The Morgan fingerprint density at radius 3 is 1.66 bits per heavy atom. The van der Waals surface area contributed by atoms with Crippen LogP contribution in [-0.2, 0) is 19.2 Å². The Kier molecular flexibility index (Phi) is 22.4. The van der Waals surface area contributed by atoms with Crippen LogP contribution in [0.5, 0.6) is 0 Å². The third kappa shape index (κ3) is 23.9. The summed E-state index contributed by atoms with van der Waals surface area (Å²) in [6.07, 6.45) is 14.3. The lowest BCUT2D eigenvalue weighted by atomic mass is 10.1. The van der Waals surface area contributed by atoms with Crippen LogP contribution >= 0.6 is 7.68 Å². The molecule has 0 amide bonds. The first-order valence-electron chi connectivity index (χ1n) is 11.1. The molecule has 0 heterocycles. The maximum atomic E-state index is 12.0. The summed E-state index contributed by atoms with van der Waals surface area (Å²) in [5.74, 6) is -1.01. The molecule has 0 bridgehead atoms. The van der Waals surface area contributed by atoms with Gasteiger partial charge in [-0.25, -0.2) is 22.3 Å². The van der Waals surface area contributed by atoms with Crippen molar-refractivity contribution in [3.05, 3.63) is 0 Å². The molecule has 0 aliphatic heterocycles. The maximum absolute atomic E-state index is 12.0. The number of hydrogen-bond acceptors (Lipinski definition) is 6. The van der Waals surface area contributed by atoms with Crippen molar-refractivity contribution in [3.63, 3.8) is 0 Å². The fraction of sp³-hybridized carbons (Fsp3) is 1.00. The highest BCUT2D eigenvalue weighted by molar-refractivity contribution is 7.89. The van der Waals surface area contributed by atoms with E-state index in [0.717, 1.165) is 44.9 Å². The number of nitrogens with one attached hydrogen (secondary N) is 1. The van der Waals surface area contributed by atoms with Gasteiger partial charge in [0.1, 0.15) is 0 Å². The summed E-state index contributed by atoms with van der Waals surface area (Å²) in [4.78, 5) is 0. The minimum atomic E-state index is -3.25. The first-order valence-corrected chi connectivity index (χ1v) is 14.0. The van der Waals surface area contributed by atoms with Gasteiger partial charge in [0.25, 0.3) is 0 Å². The molecule has 0 saturated carbocycles. The normalized spacial score (nSPS) is 13.4. The SMILES string of the molecule is CC(O)P(=O)=O.CCCCCCCCCCS(=O)(=O)NC(CO)CCCCCC. The summed E-state index contributed by atoms with van der Waals surface area (Å²) in [5.41, 5.74) is 0. The van der Waals surface area contributed by atoms with Crippen molar-refractivity contribution < 1.29 is 27.8 Å². The van der Waals surface area contributed by atoms with Crippen LogP contribution in [0.1, 0.15) is 104 Å². The van der Waals surface area contributed by atoms with Gasteiger partial charge in [-0.15, -0.1) is 0 Å². The van der Waals surface area contributed by atoms with Gasteiger partial charge in [0.2, 0.25) is 10.0 Å². The summed E-state index contributed by atoms with van der Waals surface area (Å²) in [6.45, 7) is 5.45. The first-order chi connectivity index (χ1) is 13.7. The predicted octanol–water partition coefficient (Wildman–Crippen LogP) is 4.88. The third-order valence-electron chi connectivity index (χ3n) is 4.54. The molecule has 0 aromatic rings. The van der Waals surface area contributed by atoms with Crippen LogP contribution in [0.3, 0.4) is 0 Å². The summed E-state index contributed by atoms with van der Waals surface area (Å²) in [5, 5.41) is 17.4. The molecule has 176 valence electrons. The monoisotopic (exact) mass is 457 g/mol. The molecule has 0 fully saturated rings. The van der Waals surface area contributed by atoms with Crippen LogP contribution in [0.2, 0.25) is 0 Å². The second-order valence-corrected chi connectivity index (χ2v) is 10.7. The zero-order valence-electron chi connectivity index (χ0n) is 18.6. The molecule has 0 radical (unpaired) electrons. The van der Waals surface area contributed by atoms with Gasteiger partial charge in [-0.05, 0) is 19.8 Å². The van der Waals surface area contributed by atoms with E-state index in [1.165, 1.54) is 45.4 Å². The number of sulfonamides is 1. The summed E-state index contributed by atoms with van der Waals surface area (Å²) < 4.78 is 45.7. The molecule has 29 heavy (non-hydrogen) atoms. The van der Waals surface area contributed by atoms with E-state index >= 15 is 0 Å². The molecule has 0 rings (SSSR count). The second kappa shape index (κ2) is 21.0. The van der Waals surface area contributed by atoms with Crippen LogP contribution in [0.4, 0.5) is 0 Å². The minimum absolute atomic E-state index is 0.108. The molecule has 7 nitrogen and oxygen atoms in total. The Morgan fingerprint density at radius 1 is 0.828 bits per heavy atom. The predicted molar refractivity (Wildman–Crippen MR) is 119 cm³/mol. The van der Waals surface area contributed by atoms with Crippen LogP contribution < -0.4 is 4.72 Å². The lowest BCUT2D eigenvalue weighted by Gasteiger charge is -2.16. The zero-order valence-corrected chi connectivity index (χ0v) is 20.4. The van der Waals surface area contributed by atoms with Gasteiger partial charge in [0.05, 0.1) is 12.4 Å². The Morgan fingerprint density at radius 2 is 1.24 bits per heavy atom. The maximum Gasteiger partial charge on any atom is 0.344 e. The lowest BCUT2D eigenvalue weighted by Crippen LogP contribution is -2.38. The molecule has 9 heteroatoms. The molecule has 0 aliphatic carbocycles. The van der Waals surface area contributed by atoms with Crippen molar-refractivity contribution in [1.29, 1.82) is 0 Å². The van der Waals surface area contributed by atoms with Gasteiger partial charge in [-0.3, -0.25) is 0 Å². The Labute approximate surface area is 178 Å². The quantitative estimate of drug-likeness (QED) is 0.199. The zero-order chi connectivity index (χ0) is 22.5. The molecular weight excluding hydrogens is 413 g/mol. The lowest BCUT2D eigenvalue weighted by molar-refractivity contribution is 0.247. The van der Waals surface area contributed by atoms with E-state index < -0.39 is 23.5 Å².